The van der Waals surface area contributed by atoms with Crippen molar-refractivity contribution < 1.29 is 24.3 Å². The van der Waals surface area contributed by atoms with Crippen molar-refractivity contribution in [3.8, 4) is 0 Å². The van der Waals surface area contributed by atoms with Crippen LogP contribution in [0.2, 0.25) is 0 Å². The third-order valence-corrected chi connectivity index (χ3v) is 5.74. The lowest BCUT2D eigenvalue weighted by atomic mass is 9.85. The summed E-state index contributed by atoms with van der Waals surface area (Å²) in [4.78, 5) is 50.5. The Kier molecular flexibility index (Phi) is 4.92. The van der Waals surface area contributed by atoms with Crippen LogP contribution in [-0.4, -0.2) is 76.0 Å². The first-order chi connectivity index (χ1) is 12.2. The number of likely N-dealkylation sites (N-methyl/N-ethyl adjacent to an activating group) is 1. The van der Waals surface area contributed by atoms with E-state index >= 15 is 0 Å². The van der Waals surface area contributed by atoms with E-state index in [1.165, 1.54) is 0 Å². The van der Waals surface area contributed by atoms with Crippen molar-refractivity contribution in [2.24, 2.45) is 5.92 Å². The van der Waals surface area contributed by atoms with Crippen LogP contribution in [0.5, 0.6) is 0 Å². The molecule has 3 fully saturated rings. The second-order valence-electron chi connectivity index (χ2n) is 7.64. The average Bonchev–Trinajstić information content (AvgIpc) is 3.34. The van der Waals surface area contributed by atoms with E-state index in [1.807, 2.05) is 11.8 Å². The molecule has 1 unspecified atom stereocenters. The van der Waals surface area contributed by atoms with Gasteiger partial charge < -0.3 is 15.7 Å². The minimum Gasteiger partial charge on any atom is -0.480 e. The number of rotatable bonds is 8. The van der Waals surface area contributed by atoms with Crippen molar-refractivity contribution in [3.63, 3.8) is 0 Å². The van der Waals surface area contributed by atoms with E-state index < -0.39 is 17.5 Å². The number of carboxylic acid groups (broad SMARTS) is 1. The number of amides is 4. The molecule has 9 nitrogen and oxygen atoms in total. The normalized spacial score (nSPS) is 31.0. The maximum absolute atomic E-state index is 12.5. The van der Waals surface area contributed by atoms with Crippen molar-refractivity contribution in [1.29, 1.82) is 0 Å². The van der Waals surface area contributed by atoms with Gasteiger partial charge in [0.2, 0.25) is 5.91 Å². The van der Waals surface area contributed by atoms with Crippen molar-refractivity contribution >= 4 is 23.8 Å². The molecule has 144 valence electrons. The lowest BCUT2D eigenvalue weighted by molar-refractivity contribution is -0.139. The number of carbonyl (C=O) groups excluding carboxylic acids is 3. The van der Waals surface area contributed by atoms with Gasteiger partial charge in [0.25, 0.3) is 5.91 Å². The molecule has 0 spiro atoms. The summed E-state index contributed by atoms with van der Waals surface area (Å²) in [5, 5.41) is 14.5. The second-order valence-corrected chi connectivity index (χ2v) is 7.64. The first-order valence-electron chi connectivity index (χ1n) is 9.14. The van der Waals surface area contributed by atoms with E-state index in [1.54, 1.807) is 6.92 Å². The largest absolute Gasteiger partial charge is 0.480 e. The zero-order valence-corrected chi connectivity index (χ0v) is 15.2. The van der Waals surface area contributed by atoms with Gasteiger partial charge >= 0.3 is 12.0 Å². The van der Waals surface area contributed by atoms with Crippen molar-refractivity contribution in [2.75, 3.05) is 19.6 Å². The average molecular weight is 366 g/mol. The van der Waals surface area contributed by atoms with E-state index in [2.05, 4.69) is 10.6 Å². The summed E-state index contributed by atoms with van der Waals surface area (Å²) in [6.45, 7) is 3.98. The van der Waals surface area contributed by atoms with Gasteiger partial charge in [-0.25, -0.2) is 4.79 Å². The Bertz CT molecular complexity index is 629. The standard InChI is InChI=1S/C17H26N4O5/c1-3-20(9-14(23)24)12-6-11(7-12)18-13(22)8-21-15(25)17(2,10-4-5-10)19-16(21)26/h10-12H,3-9H2,1-2H3,(H,18,22)(H,19,26)(H,23,24). The molecule has 1 saturated heterocycles. The molecule has 2 saturated carbocycles. The highest BCUT2D eigenvalue weighted by molar-refractivity contribution is 6.09. The quantitative estimate of drug-likeness (QED) is 0.510. The van der Waals surface area contributed by atoms with Crippen LogP contribution in [0.1, 0.15) is 39.5 Å². The van der Waals surface area contributed by atoms with Gasteiger partial charge in [0, 0.05) is 12.1 Å². The molecule has 1 atom stereocenters. The van der Waals surface area contributed by atoms with Crippen molar-refractivity contribution in [3.05, 3.63) is 0 Å². The molecule has 4 amide bonds. The molecule has 0 radical (unpaired) electrons. The predicted molar refractivity (Wildman–Crippen MR) is 91.2 cm³/mol. The Labute approximate surface area is 152 Å². The van der Waals surface area contributed by atoms with Crippen LogP contribution in [-0.2, 0) is 14.4 Å². The molecule has 1 heterocycles. The molecule has 0 aromatic carbocycles. The summed E-state index contributed by atoms with van der Waals surface area (Å²) in [7, 11) is 0. The fraction of sp³-hybridized carbons (Fsp3) is 0.765. The van der Waals surface area contributed by atoms with Crippen molar-refractivity contribution in [2.45, 2.75) is 57.2 Å². The number of carbonyl (C=O) groups is 4. The smallest absolute Gasteiger partial charge is 0.325 e. The Morgan fingerprint density at radius 1 is 1.35 bits per heavy atom. The number of nitrogens with zero attached hydrogens (tertiary/aromatic N) is 2. The van der Waals surface area contributed by atoms with Gasteiger partial charge in [-0.1, -0.05) is 6.92 Å². The summed E-state index contributed by atoms with van der Waals surface area (Å²) in [6.07, 6.45) is 3.17. The summed E-state index contributed by atoms with van der Waals surface area (Å²) in [5.41, 5.74) is -0.878. The van der Waals surface area contributed by atoms with Crippen LogP contribution >= 0.6 is 0 Å². The molecular weight excluding hydrogens is 340 g/mol. The molecule has 0 bridgehead atoms. The van der Waals surface area contributed by atoms with Gasteiger partial charge in [-0.15, -0.1) is 0 Å². The number of nitrogens with one attached hydrogen (secondary N) is 2. The Balaban J connectivity index is 1.46. The highest BCUT2D eigenvalue weighted by Gasteiger charge is 2.56. The van der Waals surface area contributed by atoms with Crippen LogP contribution in [0.3, 0.4) is 0 Å². The van der Waals surface area contributed by atoms with Gasteiger partial charge in [0.1, 0.15) is 12.1 Å². The number of carboxylic acids is 1. The topological polar surface area (TPSA) is 119 Å². The number of aliphatic carboxylic acids is 1. The van der Waals surface area contributed by atoms with Crippen LogP contribution in [0.15, 0.2) is 0 Å². The molecular formula is C17H26N4O5. The molecule has 3 aliphatic rings. The first-order valence-corrected chi connectivity index (χ1v) is 9.14. The fourth-order valence-corrected chi connectivity index (χ4v) is 3.89. The highest BCUT2D eigenvalue weighted by atomic mass is 16.4. The molecule has 0 aromatic rings. The summed E-state index contributed by atoms with van der Waals surface area (Å²) in [6, 6.07) is -0.424. The van der Waals surface area contributed by atoms with E-state index in [0.717, 1.165) is 17.7 Å². The van der Waals surface area contributed by atoms with Crippen molar-refractivity contribution in [1.82, 2.24) is 20.4 Å². The number of urea groups is 1. The zero-order valence-electron chi connectivity index (χ0n) is 15.2. The molecule has 2 aliphatic carbocycles. The molecule has 26 heavy (non-hydrogen) atoms. The third kappa shape index (κ3) is 3.53. The van der Waals surface area contributed by atoms with E-state index in [-0.39, 0.29) is 42.9 Å². The highest BCUT2D eigenvalue weighted by Crippen LogP contribution is 2.42. The molecule has 3 N–H and O–H groups in total. The molecule has 0 aromatic heterocycles. The van der Waals surface area contributed by atoms with E-state index in [9.17, 15) is 19.2 Å². The predicted octanol–water partition coefficient (Wildman–Crippen LogP) is -0.239. The number of hydrogen-bond donors (Lipinski definition) is 3. The van der Waals surface area contributed by atoms with Gasteiger partial charge in [-0.2, -0.15) is 0 Å². The summed E-state index contributed by atoms with van der Waals surface area (Å²) >= 11 is 0. The Morgan fingerprint density at radius 2 is 2.00 bits per heavy atom. The van der Waals surface area contributed by atoms with Gasteiger partial charge in [-0.05, 0) is 45.1 Å². The Morgan fingerprint density at radius 3 is 2.54 bits per heavy atom. The van der Waals surface area contributed by atoms with Gasteiger partial charge in [0.05, 0.1) is 6.54 Å². The second kappa shape index (κ2) is 6.86. The minimum absolute atomic E-state index is 0.00989. The first kappa shape index (κ1) is 18.6. The SMILES string of the molecule is CCN(CC(=O)O)C1CC(NC(=O)CN2C(=O)NC(C)(C3CC3)C2=O)C1. The van der Waals surface area contributed by atoms with Crippen LogP contribution in [0, 0.1) is 5.92 Å². The van der Waals surface area contributed by atoms with E-state index in [0.29, 0.717) is 19.4 Å². The summed E-state index contributed by atoms with van der Waals surface area (Å²) in [5.74, 6) is -1.39. The Hall–Kier alpha value is -2.16. The molecule has 9 heteroatoms. The lowest BCUT2D eigenvalue weighted by Crippen LogP contribution is -2.56. The minimum atomic E-state index is -0.878. The number of hydrogen-bond acceptors (Lipinski definition) is 5. The third-order valence-electron chi connectivity index (χ3n) is 5.74. The van der Waals surface area contributed by atoms with Crippen LogP contribution in [0.4, 0.5) is 4.79 Å². The maximum atomic E-state index is 12.5. The monoisotopic (exact) mass is 366 g/mol. The summed E-state index contributed by atoms with van der Waals surface area (Å²) < 4.78 is 0. The molecule has 3 rings (SSSR count). The van der Waals surface area contributed by atoms with E-state index in [4.69, 9.17) is 5.11 Å². The maximum Gasteiger partial charge on any atom is 0.325 e. The zero-order chi connectivity index (χ0) is 19.1. The lowest BCUT2D eigenvalue weighted by Gasteiger charge is -2.42. The number of imide groups is 1. The molecule has 1 aliphatic heterocycles. The van der Waals surface area contributed by atoms with Gasteiger partial charge in [-0.3, -0.25) is 24.2 Å². The fourth-order valence-electron chi connectivity index (χ4n) is 3.89. The van der Waals surface area contributed by atoms with Crippen LogP contribution < -0.4 is 10.6 Å². The van der Waals surface area contributed by atoms with Crippen LogP contribution in [0.25, 0.3) is 0 Å². The van der Waals surface area contributed by atoms with Gasteiger partial charge in [0.15, 0.2) is 0 Å².